The van der Waals surface area contributed by atoms with E-state index < -0.39 is 0 Å². The van der Waals surface area contributed by atoms with Gasteiger partial charge >= 0.3 is 0 Å². The van der Waals surface area contributed by atoms with E-state index in [0.29, 0.717) is 5.92 Å². The maximum Gasteiger partial charge on any atom is -0.0227 e. The van der Waals surface area contributed by atoms with Gasteiger partial charge in [-0.05, 0) is 38.0 Å². The molecule has 0 aromatic rings. The summed E-state index contributed by atoms with van der Waals surface area (Å²) in [6, 6.07) is 0. The van der Waals surface area contributed by atoms with Crippen LogP contribution in [-0.2, 0) is 0 Å². The molecule has 0 amide bonds. The zero-order chi connectivity index (χ0) is 11.1. The van der Waals surface area contributed by atoms with Crippen LogP contribution in [0.15, 0.2) is 48.6 Å². The average molecular weight is 202 g/mol. The maximum absolute atomic E-state index is 3.83. The Bertz CT molecular complexity index is 278. The second-order valence-electron chi connectivity index (χ2n) is 4.39. The Morgan fingerprint density at radius 1 is 1.27 bits per heavy atom. The molecular formula is C15H22. The largest absolute Gasteiger partial charge is 0.103 e. The molecule has 0 aromatic carbocycles. The smallest absolute Gasteiger partial charge is 0.0227 e. The van der Waals surface area contributed by atoms with E-state index in [4.69, 9.17) is 0 Å². The van der Waals surface area contributed by atoms with Gasteiger partial charge in [0.1, 0.15) is 0 Å². The first kappa shape index (κ1) is 12.0. The molecule has 1 unspecified atom stereocenters. The fraction of sp³-hybridized carbons (Fsp3) is 0.467. The summed E-state index contributed by atoms with van der Waals surface area (Å²) in [7, 11) is 0. The molecule has 82 valence electrons. The minimum atomic E-state index is 0.611. The van der Waals surface area contributed by atoms with Crippen molar-refractivity contribution in [1.29, 1.82) is 0 Å². The third kappa shape index (κ3) is 4.33. The zero-order valence-corrected chi connectivity index (χ0v) is 9.84. The van der Waals surface area contributed by atoms with Crippen LogP contribution in [0.3, 0.4) is 0 Å². The predicted octanol–water partition coefficient (Wildman–Crippen LogP) is 4.81. The van der Waals surface area contributed by atoms with Crippen LogP contribution < -0.4 is 0 Å². The summed E-state index contributed by atoms with van der Waals surface area (Å²) in [5, 5.41) is 0. The molecule has 0 saturated carbocycles. The first-order chi connectivity index (χ1) is 7.26. The van der Waals surface area contributed by atoms with Crippen molar-refractivity contribution >= 4 is 0 Å². The topological polar surface area (TPSA) is 0 Å². The SMILES string of the molecule is C=CCCC1=CC=C(CC(C)C=C)CC1. The van der Waals surface area contributed by atoms with Crippen molar-refractivity contribution in [3.8, 4) is 0 Å². The summed E-state index contributed by atoms with van der Waals surface area (Å²) in [6.45, 7) is 9.81. The van der Waals surface area contributed by atoms with Crippen LogP contribution in [0.4, 0.5) is 0 Å². The Labute approximate surface area is 94.1 Å². The molecule has 0 nitrogen and oxygen atoms in total. The predicted molar refractivity (Wildman–Crippen MR) is 68.8 cm³/mol. The van der Waals surface area contributed by atoms with E-state index in [1.165, 1.54) is 25.7 Å². The van der Waals surface area contributed by atoms with E-state index in [0.717, 1.165) is 6.42 Å². The molecule has 0 saturated heterocycles. The van der Waals surface area contributed by atoms with Gasteiger partial charge in [0.25, 0.3) is 0 Å². The van der Waals surface area contributed by atoms with E-state index in [9.17, 15) is 0 Å². The molecule has 0 aromatic heterocycles. The molecule has 1 aliphatic rings. The monoisotopic (exact) mass is 202 g/mol. The molecule has 0 aliphatic heterocycles. The van der Waals surface area contributed by atoms with Crippen molar-refractivity contribution in [3.05, 3.63) is 48.6 Å². The third-order valence-electron chi connectivity index (χ3n) is 2.98. The van der Waals surface area contributed by atoms with Gasteiger partial charge in [0.2, 0.25) is 0 Å². The van der Waals surface area contributed by atoms with E-state index in [2.05, 4.69) is 32.2 Å². The minimum absolute atomic E-state index is 0.611. The molecule has 1 rings (SSSR count). The first-order valence-electron chi connectivity index (χ1n) is 5.87. The van der Waals surface area contributed by atoms with Crippen molar-refractivity contribution in [1.82, 2.24) is 0 Å². The normalized spacial score (nSPS) is 17.7. The standard InChI is InChI=1S/C15H22/c1-4-6-7-14-8-10-15(11-9-14)12-13(3)5-2/h4-5,8,10,13H,1-2,6-7,9,11-12H2,3H3. The van der Waals surface area contributed by atoms with E-state index in [1.807, 2.05) is 12.2 Å². The highest BCUT2D eigenvalue weighted by atomic mass is 14.1. The van der Waals surface area contributed by atoms with Crippen LogP contribution >= 0.6 is 0 Å². The Kier molecular flexibility index (Phi) is 5.17. The fourth-order valence-electron chi connectivity index (χ4n) is 1.89. The first-order valence-corrected chi connectivity index (χ1v) is 5.87. The van der Waals surface area contributed by atoms with Crippen LogP contribution in [0, 0.1) is 5.92 Å². The lowest BCUT2D eigenvalue weighted by molar-refractivity contribution is 0.678. The van der Waals surface area contributed by atoms with Crippen LogP contribution in [0.25, 0.3) is 0 Å². The molecule has 0 fully saturated rings. The molecule has 0 heteroatoms. The van der Waals surface area contributed by atoms with E-state index in [1.54, 1.807) is 11.1 Å². The van der Waals surface area contributed by atoms with Gasteiger partial charge in [-0.15, -0.1) is 13.2 Å². The highest BCUT2D eigenvalue weighted by molar-refractivity contribution is 5.24. The summed E-state index contributed by atoms with van der Waals surface area (Å²) in [5.74, 6) is 0.611. The molecule has 0 heterocycles. The molecule has 1 aliphatic carbocycles. The van der Waals surface area contributed by atoms with Crippen LogP contribution in [-0.4, -0.2) is 0 Å². The third-order valence-corrected chi connectivity index (χ3v) is 2.98. The van der Waals surface area contributed by atoms with Gasteiger partial charge in [-0.2, -0.15) is 0 Å². The Morgan fingerprint density at radius 2 is 1.93 bits per heavy atom. The number of allylic oxidation sites excluding steroid dienone is 6. The van der Waals surface area contributed by atoms with Crippen LogP contribution in [0.2, 0.25) is 0 Å². The summed E-state index contributed by atoms with van der Waals surface area (Å²) in [4.78, 5) is 0. The van der Waals surface area contributed by atoms with Gasteiger partial charge in [0.05, 0.1) is 0 Å². The minimum Gasteiger partial charge on any atom is -0.103 e. The fourth-order valence-corrected chi connectivity index (χ4v) is 1.89. The van der Waals surface area contributed by atoms with Crippen LogP contribution in [0.5, 0.6) is 0 Å². The van der Waals surface area contributed by atoms with Crippen molar-refractivity contribution in [3.63, 3.8) is 0 Å². The zero-order valence-electron chi connectivity index (χ0n) is 9.84. The summed E-state index contributed by atoms with van der Waals surface area (Å²) >= 11 is 0. The van der Waals surface area contributed by atoms with Gasteiger partial charge in [-0.25, -0.2) is 0 Å². The molecule has 0 bridgehead atoms. The maximum atomic E-state index is 3.83. The van der Waals surface area contributed by atoms with Gasteiger partial charge in [0, 0.05) is 0 Å². The second kappa shape index (κ2) is 6.44. The lowest BCUT2D eigenvalue weighted by Crippen LogP contribution is -1.98. The molecule has 0 spiro atoms. The molecule has 1 atom stereocenters. The van der Waals surface area contributed by atoms with Gasteiger partial charge < -0.3 is 0 Å². The highest BCUT2D eigenvalue weighted by Gasteiger charge is 2.07. The number of hydrogen-bond donors (Lipinski definition) is 0. The number of rotatable bonds is 6. The summed E-state index contributed by atoms with van der Waals surface area (Å²) in [5.41, 5.74) is 3.15. The average Bonchev–Trinajstić information content (AvgIpc) is 2.28. The number of hydrogen-bond acceptors (Lipinski definition) is 0. The Hall–Kier alpha value is -1.04. The highest BCUT2D eigenvalue weighted by Crippen LogP contribution is 2.26. The molecule has 0 radical (unpaired) electrons. The molecule has 0 N–H and O–H groups in total. The van der Waals surface area contributed by atoms with E-state index >= 15 is 0 Å². The lowest BCUT2D eigenvalue weighted by atomic mass is 9.90. The van der Waals surface area contributed by atoms with Gasteiger partial charge in [-0.1, -0.05) is 42.4 Å². The van der Waals surface area contributed by atoms with Gasteiger partial charge in [-0.3, -0.25) is 0 Å². The molecule has 15 heavy (non-hydrogen) atoms. The van der Waals surface area contributed by atoms with Crippen molar-refractivity contribution in [2.24, 2.45) is 5.92 Å². The summed E-state index contributed by atoms with van der Waals surface area (Å²) in [6.07, 6.45) is 14.6. The van der Waals surface area contributed by atoms with Crippen molar-refractivity contribution in [2.75, 3.05) is 0 Å². The van der Waals surface area contributed by atoms with Crippen molar-refractivity contribution < 1.29 is 0 Å². The summed E-state index contributed by atoms with van der Waals surface area (Å²) < 4.78 is 0. The Morgan fingerprint density at radius 3 is 2.47 bits per heavy atom. The Balaban J connectivity index is 2.44. The lowest BCUT2D eigenvalue weighted by Gasteiger charge is -2.16. The second-order valence-corrected chi connectivity index (χ2v) is 4.39. The van der Waals surface area contributed by atoms with Crippen molar-refractivity contribution in [2.45, 2.75) is 39.0 Å². The van der Waals surface area contributed by atoms with E-state index in [-0.39, 0.29) is 0 Å². The van der Waals surface area contributed by atoms with Gasteiger partial charge in [0.15, 0.2) is 0 Å². The quantitative estimate of drug-likeness (QED) is 0.542. The van der Waals surface area contributed by atoms with Crippen LogP contribution in [0.1, 0.15) is 39.0 Å². The molecular weight excluding hydrogens is 180 g/mol.